The molecule has 2 aliphatic carbocycles. The molecule has 6 atom stereocenters. The number of methoxy groups -OCH3 is 1. The summed E-state index contributed by atoms with van der Waals surface area (Å²) in [5.74, 6) is -5.11. The molecule has 1 saturated carbocycles. The molecule has 6 unspecified atom stereocenters. The van der Waals surface area contributed by atoms with Gasteiger partial charge in [-0.2, -0.15) is 5.01 Å². The lowest BCUT2D eigenvalue weighted by atomic mass is 9.49. The minimum absolute atomic E-state index is 0.0877. The number of carbonyl (C=O) groups is 4. The number of allylic oxidation sites excluding steroid dienone is 2. The summed E-state index contributed by atoms with van der Waals surface area (Å²) in [4.78, 5) is 60.0. The molecule has 2 heterocycles. The van der Waals surface area contributed by atoms with Gasteiger partial charge in [0.2, 0.25) is 11.8 Å². The minimum atomic E-state index is -1.60. The first kappa shape index (κ1) is 36.2. The van der Waals surface area contributed by atoms with Crippen molar-refractivity contribution in [2.24, 2.45) is 23.7 Å². The van der Waals surface area contributed by atoms with Gasteiger partial charge in [-0.3, -0.25) is 29.5 Å². The molecule has 4 aromatic carbocycles. The summed E-state index contributed by atoms with van der Waals surface area (Å²) in [6, 6.07) is 23.2. The van der Waals surface area contributed by atoms with E-state index in [-0.39, 0.29) is 53.4 Å². The Morgan fingerprint density at radius 3 is 2.33 bits per heavy atom. The predicted molar refractivity (Wildman–Crippen MR) is 205 cm³/mol. The average molecular weight is 832 g/mol. The molecule has 0 spiro atoms. The number of anilines is 1. The summed E-state index contributed by atoms with van der Waals surface area (Å²) in [5.41, 5.74) is 4.15. The van der Waals surface area contributed by atoms with Gasteiger partial charge in [0.1, 0.15) is 17.2 Å². The highest BCUT2D eigenvalue weighted by Gasteiger charge is 2.70. The van der Waals surface area contributed by atoms with Crippen LogP contribution < -0.4 is 10.2 Å². The third kappa shape index (κ3) is 5.67. The second kappa shape index (κ2) is 13.8. The highest BCUT2D eigenvalue weighted by atomic mass is 79.9. The number of nitrogens with one attached hydrogen (secondary N) is 1. The molecule has 13 heteroatoms. The van der Waals surface area contributed by atoms with E-state index in [0.717, 1.165) is 10.6 Å². The number of phenols is 2. The maximum atomic E-state index is 15.4. The van der Waals surface area contributed by atoms with Crippen molar-refractivity contribution in [2.75, 3.05) is 19.1 Å². The molecule has 8 rings (SSSR count). The van der Waals surface area contributed by atoms with E-state index >= 15 is 4.79 Å². The fourth-order valence-corrected chi connectivity index (χ4v) is 9.96. The Balaban J connectivity index is 1.27. The van der Waals surface area contributed by atoms with Crippen molar-refractivity contribution < 1.29 is 34.1 Å². The van der Waals surface area contributed by atoms with Crippen LogP contribution in [0.2, 0.25) is 10.0 Å². The molecule has 276 valence electrons. The van der Waals surface area contributed by atoms with Crippen molar-refractivity contribution >= 4 is 68.4 Å². The summed E-state index contributed by atoms with van der Waals surface area (Å²) >= 11 is 16.3. The molecule has 3 N–H and O–H groups in total. The average Bonchev–Trinajstić information content (AvgIpc) is 3.53. The van der Waals surface area contributed by atoms with Crippen molar-refractivity contribution in [3.05, 3.63) is 128 Å². The number of aromatic hydroxyl groups is 2. The quantitative estimate of drug-likeness (QED) is 0.124. The molecule has 54 heavy (non-hydrogen) atoms. The number of ether oxygens (including phenoxy) is 1. The van der Waals surface area contributed by atoms with Crippen LogP contribution in [0, 0.1) is 23.7 Å². The van der Waals surface area contributed by atoms with Crippen LogP contribution in [-0.2, 0) is 31.0 Å². The number of likely N-dealkylation sites (tertiary alicyclic amines) is 1. The van der Waals surface area contributed by atoms with Gasteiger partial charge in [0.15, 0.2) is 0 Å². The summed E-state index contributed by atoms with van der Waals surface area (Å²) < 4.78 is 6.10. The lowest BCUT2D eigenvalue weighted by molar-refractivity contribution is -0.141. The van der Waals surface area contributed by atoms with Crippen LogP contribution in [0.5, 0.6) is 17.2 Å². The van der Waals surface area contributed by atoms with Gasteiger partial charge in [-0.15, -0.1) is 0 Å². The Labute approximate surface area is 329 Å². The molecule has 0 radical (unpaired) electrons. The highest BCUT2D eigenvalue weighted by molar-refractivity contribution is 9.10. The van der Waals surface area contributed by atoms with Gasteiger partial charge < -0.3 is 14.9 Å². The van der Waals surface area contributed by atoms with Crippen LogP contribution in [0.1, 0.15) is 35.4 Å². The molecule has 2 aliphatic heterocycles. The molecular weight excluding hydrogens is 797 g/mol. The molecule has 3 fully saturated rings. The molecule has 4 aliphatic rings. The largest absolute Gasteiger partial charge is 0.508 e. The number of nitrogens with zero attached hydrogens (tertiary/aromatic N) is 2. The predicted octanol–water partition coefficient (Wildman–Crippen LogP) is 7.40. The first-order valence-corrected chi connectivity index (χ1v) is 19.0. The number of hydrogen-bond acceptors (Lipinski definition) is 8. The zero-order valence-corrected chi connectivity index (χ0v) is 31.9. The second-order valence-corrected chi connectivity index (χ2v) is 15.9. The van der Waals surface area contributed by atoms with E-state index in [0.29, 0.717) is 38.4 Å². The smallest absolute Gasteiger partial charge is 0.260 e. The van der Waals surface area contributed by atoms with Gasteiger partial charge in [-0.25, -0.2) is 0 Å². The lowest BCUT2D eigenvalue weighted by Gasteiger charge is -2.50. The summed E-state index contributed by atoms with van der Waals surface area (Å²) in [6.45, 7) is 0.156. The van der Waals surface area contributed by atoms with Crippen LogP contribution in [0.4, 0.5) is 5.69 Å². The molecular formula is C41H34BrCl2N3O7. The Morgan fingerprint density at radius 2 is 1.63 bits per heavy atom. The van der Waals surface area contributed by atoms with Gasteiger partial charge in [-0.1, -0.05) is 75.0 Å². The maximum Gasteiger partial charge on any atom is 0.260 e. The SMILES string of the molecule is COc1ccc(C23C(=O)N(Nc4ccc(Cl)cc4Cl)C(=O)C2CC2C(=CCC4C(=O)N(CCc5ccc(O)cc5)C(=O)C42)C3c2cc(Br)ccc2O)cc1. The summed E-state index contributed by atoms with van der Waals surface area (Å²) in [6.07, 6.45) is 2.68. The number of amides is 4. The van der Waals surface area contributed by atoms with E-state index in [1.54, 1.807) is 72.8 Å². The molecule has 2 saturated heterocycles. The fourth-order valence-electron chi connectivity index (χ4n) is 9.13. The number of carbonyl (C=O) groups excluding carboxylic acids is 4. The molecule has 0 aromatic heterocycles. The van der Waals surface area contributed by atoms with Gasteiger partial charge >= 0.3 is 0 Å². The van der Waals surface area contributed by atoms with Crippen molar-refractivity contribution in [3.8, 4) is 17.2 Å². The Morgan fingerprint density at radius 1 is 0.889 bits per heavy atom. The van der Waals surface area contributed by atoms with Gasteiger partial charge in [0.05, 0.1) is 41.0 Å². The van der Waals surface area contributed by atoms with Crippen LogP contribution in [0.25, 0.3) is 0 Å². The van der Waals surface area contributed by atoms with Crippen LogP contribution in [0.3, 0.4) is 0 Å². The number of hydrazine groups is 1. The number of fused-ring (bicyclic) bond motifs is 4. The third-order valence-electron chi connectivity index (χ3n) is 11.5. The molecule has 10 nitrogen and oxygen atoms in total. The zero-order chi connectivity index (χ0) is 38.1. The summed E-state index contributed by atoms with van der Waals surface area (Å²) in [5, 5.41) is 22.9. The van der Waals surface area contributed by atoms with E-state index < -0.39 is 46.8 Å². The van der Waals surface area contributed by atoms with E-state index in [1.165, 1.54) is 24.1 Å². The minimum Gasteiger partial charge on any atom is -0.508 e. The van der Waals surface area contributed by atoms with E-state index in [4.69, 9.17) is 27.9 Å². The first-order chi connectivity index (χ1) is 25.9. The number of benzene rings is 4. The Bertz CT molecular complexity index is 2250. The van der Waals surface area contributed by atoms with Crippen LogP contribution >= 0.6 is 39.1 Å². The number of rotatable bonds is 8. The number of imide groups is 2. The number of phenolic OH excluding ortho intramolecular Hbond substituents is 2. The maximum absolute atomic E-state index is 15.4. The normalized spacial score (nSPS) is 26.0. The highest BCUT2D eigenvalue weighted by Crippen LogP contribution is 2.65. The zero-order valence-electron chi connectivity index (χ0n) is 28.8. The summed E-state index contributed by atoms with van der Waals surface area (Å²) in [7, 11) is 1.53. The number of halogens is 3. The van der Waals surface area contributed by atoms with Crippen molar-refractivity contribution in [2.45, 2.75) is 30.6 Å². The van der Waals surface area contributed by atoms with Crippen LogP contribution in [0.15, 0.2) is 101 Å². The van der Waals surface area contributed by atoms with E-state index in [2.05, 4.69) is 21.4 Å². The monoisotopic (exact) mass is 829 g/mol. The lowest BCUT2D eigenvalue weighted by Crippen LogP contribution is -2.53. The standard InChI is InChI=1S/C41H34BrCl2N3O7/c1-54-26-10-4-22(5-11-26)41-31(38(51)47(40(41)53)45-33-14-7-24(43)19-32(33)44)20-29-27(36(41)30-18-23(42)6-15-34(30)49)12-13-28-35(29)39(52)46(37(28)50)17-16-21-2-8-25(48)9-3-21/h2-12,14-15,18-19,28-29,31,35-36,45,48-49H,13,16-17,20H2,1H3. The first-order valence-electron chi connectivity index (χ1n) is 17.5. The molecule has 0 bridgehead atoms. The van der Waals surface area contributed by atoms with Crippen molar-refractivity contribution in [1.82, 2.24) is 9.91 Å². The molecule has 4 amide bonds. The van der Waals surface area contributed by atoms with Crippen LogP contribution in [-0.4, -0.2) is 57.4 Å². The van der Waals surface area contributed by atoms with Gasteiger partial charge in [0.25, 0.3) is 11.8 Å². The van der Waals surface area contributed by atoms with Gasteiger partial charge in [0, 0.05) is 27.5 Å². The van der Waals surface area contributed by atoms with E-state index in [9.17, 15) is 24.6 Å². The van der Waals surface area contributed by atoms with E-state index in [1.807, 2.05) is 6.08 Å². The fraction of sp³-hybridized carbons (Fsp3) is 0.268. The number of hydrogen-bond donors (Lipinski definition) is 3. The Kier molecular flexibility index (Phi) is 9.23. The second-order valence-electron chi connectivity index (χ2n) is 14.2. The van der Waals surface area contributed by atoms with Gasteiger partial charge in [-0.05, 0) is 97.0 Å². The topological polar surface area (TPSA) is 136 Å². The third-order valence-corrected chi connectivity index (χ3v) is 12.6. The Hall–Kier alpha value is -4.84. The van der Waals surface area contributed by atoms with Crippen molar-refractivity contribution in [3.63, 3.8) is 0 Å². The van der Waals surface area contributed by atoms with Crippen molar-refractivity contribution in [1.29, 1.82) is 0 Å². The molecule has 4 aromatic rings.